The van der Waals surface area contributed by atoms with Gasteiger partial charge in [-0.05, 0) is 37.1 Å². The van der Waals surface area contributed by atoms with Crippen molar-refractivity contribution in [3.63, 3.8) is 0 Å². The van der Waals surface area contributed by atoms with Crippen molar-refractivity contribution in [1.29, 1.82) is 0 Å². The number of nitrogens with zero attached hydrogens (tertiary/aromatic N) is 6. The summed E-state index contributed by atoms with van der Waals surface area (Å²) in [7, 11) is 0. The molecule has 1 saturated heterocycles. The largest absolute Gasteiger partial charge is 0.353 e. The average Bonchev–Trinajstić information content (AvgIpc) is 3.24. The standard InChI is InChI=1S/C23H23N7O/c31-22(15-18-9-4-5-13-24-18)25-19-10-6-14-29(16-19)21-12-11-20-26-27-23(30(20)28-21)17-7-2-1-3-8-17/h1-5,7-9,11-13,19H,6,10,14-16H2,(H,25,31). The second-order valence-corrected chi connectivity index (χ2v) is 7.70. The van der Waals surface area contributed by atoms with Crippen LogP contribution < -0.4 is 10.2 Å². The molecule has 4 aromatic rings. The van der Waals surface area contributed by atoms with Gasteiger partial charge in [-0.2, -0.15) is 4.52 Å². The molecule has 8 nitrogen and oxygen atoms in total. The molecule has 1 aromatic carbocycles. The molecule has 8 heteroatoms. The molecule has 1 N–H and O–H groups in total. The number of hydrogen-bond donors (Lipinski definition) is 1. The fourth-order valence-corrected chi connectivity index (χ4v) is 3.96. The number of fused-ring (bicyclic) bond motifs is 1. The van der Waals surface area contributed by atoms with E-state index in [-0.39, 0.29) is 11.9 Å². The molecule has 0 spiro atoms. The van der Waals surface area contributed by atoms with Crippen LogP contribution in [0.3, 0.4) is 0 Å². The van der Waals surface area contributed by atoms with Gasteiger partial charge < -0.3 is 10.2 Å². The second kappa shape index (κ2) is 8.51. The van der Waals surface area contributed by atoms with Gasteiger partial charge in [0, 0.05) is 36.6 Å². The molecule has 4 heterocycles. The maximum Gasteiger partial charge on any atom is 0.226 e. The normalized spacial score (nSPS) is 16.4. The van der Waals surface area contributed by atoms with E-state index in [1.54, 1.807) is 10.7 Å². The molecular formula is C23H23N7O. The van der Waals surface area contributed by atoms with E-state index in [9.17, 15) is 4.79 Å². The number of rotatable bonds is 5. The van der Waals surface area contributed by atoms with Crippen molar-refractivity contribution in [3.8, 4) is 11.4 Å². The summed E-state index contributed by atoms with van der Waals surface area (Å²) in [4.78, 5) is 18.9. The Labute approximate surface area is 179 Å². The van der Waals surface area contributed by atoms with Crippen LogP contribution in [0.4, 0.5) is 5.82 Å². The minimum Gasteiger partial charge on any atom is -0.353 e. The molecule has 0 radical (unpaired) electrons. The van der Waals surface area contributed by atoms with Crippen LogP contribution in [0.2, 0.25) is 0 Å². The highest BCUT2D eigenvalue weighted by atomic mass is 16.1. The van der Waals surface area contributed by atoms with Crippen molar-refractivity contribution in [1.82, 2.24) is 30.1 Å². The summed E-state index contributed by atoms with van der Waals surface area (Å²) < 4.78 is 1.79. The smallest absolute Gasteiger partial charge is 0.226 e. The molecule has 156 valence electrons. The number of hydrogen-bond acceptors (Lipinski definition) is 6. The fraction of sp³-hybridized carbons (Fsp3) is 0.261. The van der Waals surface area contributed by atoms with Crippen molar-refractivity contribution < 1.29 is 4.79 Å². The summed E-state index contributed by atoms with van der Waals surface area (Å²) in [5, 5.41) is 16.5. The molecule has 1 fully saturated rings. The minimum absolute atomic E-state index is 0.000801. The first-order valence-corrected chi connectivity index (χ1v) is 10.5. The van der Waals surface area contributed by atoms with E-state index in [1.165, 1.54) is 0 Å². The number of piperidine rings is 1. The lowest BCUT2D eigenvalue weighted by Gasteiger charge is -2.33. The zero-order valence-corrected chi connectivity index (χ0v) is 17.1. The van der Waals surface area contributed by atoms with Crippen molar-refractivity contribution in [2.45, 2.75) is 25.3 Å². The Morgan fingerprint density at radius 1 is 1.03 bits per heavy atom. The van der Waals surface area contributed by atoms with Gasteiger partial charge in [-0.3, -0.25) is 9.78 Å². The van der Waals surface area contributed by atoms with Crippen LogP contribution in [0, 0.1) is 0 Å². The molecule has 0 saturated carbocycles. The van der Waals surface area contributed by atoms with Gasteiger partial charge in [0.15, 0.2) is 11.5 Å². The zero-order valence-electron chi connectivity index (χ0n) is 17.1. The van der Waals surface area contributed by atoms with E-state index in [0.717, 1.165) is 48.8 Å². The molecule has 0 bridgehead atoms. The third-order valence-electron chi connectivity index (χ3n) is 5.46. The summed E-state index contributed by atoms with van der Waals surface area (Å²) in [5.74, 6) is 1.57. The lowest BCUT2D eigenvalue weighted by atomic mass is 10.1. The maximum atomic E-state index is 12.5. The van der Waals surface area contributed by atoms with Gasteiger partial charge in [-0.15, -0.1) is 15.3 Å². The first-order chi connectivity index (χ1) is 15.3. The molecule has 1 atom stereocenters. The number of benzene rings is 1. The highest BCUT2D eigenvalue weighted by Crippen LogP contribution is 2.21. The Hall–Kier alpha value is -3.81. The molecule has 1 amide bonds. The lowest BCUT2D eigenvalue weighted by Crippen LogP contribution is -2.48. The summed E-state index contributed by atoms with van der Waals surface area (Å²) in [6.07, 6.45) is 3.95. The Balaban J connectivity index is 1.31. The quantitative estimate of drug-likeness (QED) is 0.541. The van der Waals surface area contributed by atoms with E-state index < -0.39 is 0 Å². The number of aromatic nitrogens is 5. The first-order valence-electron chi connectivity index (χ1n) is 10.5. The van der Waals surface area contributed by atoms with E-state index in [4.69, 9.17) is 5.10 Å². The van der Waals surface area contributed by atoms with Crippen LogP contribution in [0.15, 0.2) is 66.9 Å². The Morgan fingerprint density at radius 3 is 2.74 bits per heavy atom. The number of amides is 1. The van der Waals surface area contributed by atoms with Crippen LogP contribution in [-0.4, -0.2) is 49.8 Å². The molecule has 0 aliphatic carbocycles. The number of carbonyl (C=O) groups excluding carboxylic acids is 1. The van der Waals surface area contributed by atoms with E-state index in [0.29, 0.717) is 12.1 Å². The minimum atomic E-state index is -0.000801. The number of pyridine rings is 1. The Morgan fingerprint density at radius 2 is 1.90 bits per heavy atom. The Kier molecular flexibility index (Phi) is 5.26. The predicted octanol–water partition coefficient (Wildman–Crippen LogP) is 2.51. The van der Waals surface area contributed by atoms with Crippen molar-refractivity contribution in [3.05, 3.63) is 72.6 Å². The summed E-state index contributed by atoms with van der Waals surface area (Å²) in [6.45, 7) is 1.61. The maximum absolute atomic E-state index is 12.5. The van der Waals surface area contributed by atoms with Crippen LogP contribution in [0.5, 0.6) is 0 Å². The highest BCUT2D eigenvalue weighted by molar-refractivity contribution is 5.78. The number of carbonyl (C=O) groups is 1. The first kappa shape index (κ1) is 19.2. The van der Waals surface area contributed by atoms with Crippen LogP contribution in [-0.2, 0) is 11.2 Å². The molecule has 5 rings (SSSR count). The molecule has 3 aromatic heterocycles. The van der Waals surface area contributed by atoms with Gasteiger partial charge in [0.25, 0.3) is 0 Å². The van der Waals surface area contributed by atoms with Crippen LogP contribution >= 0.6 is 0 Å². The van der Waals surface area contributed by atoms with Crippen molar-refractivity contribution in [2.75, 3.05) is 18.0 Å². The van der Waals surface area contributed by atoms with Crippen molar-refractivity contribution >= 4 is 17.4 Å². The van der Waals surface area contributed by atoms with E-state index >= 15 is 0 Å². The van der Waals surface area contributed by atoms with Gasteiger partial charge >= 0.3 is 0 Å². The van der Waals surface area contributed by atoms with Gasteiger partial charge in [0.2, 0.25) is 5.91 Å². The molecule has 31 heavy (non-hydrogen) atoms. The van der Waals surface area contributed by atoms with Gasteiger partial charge in [-0.1, -0.05) is 36.4 Å². The van der Waals surface area contributed by atoms with Gasteiger partial charge in [-0.25, -0.2) is 0 Å². The SMILES string of the molecule is O=C(Cc1ccccn1)NC1CCCN(c2ccc3nnc(-c4ccccc4)n3n2)C1. The second-order valence-electron chi connectivity index (χ2n) is 7.70. The van der Waals surface area contributed by atoms with E-state index in [2.05, 4.69) is 25.4 Å². The van der Waals surface area contributed by atoms with Crippen LogP contribution in [0.1, 0.15) is 18.5 Å². The fourth-order valence-electron chi connectivity index (χ4n) is 3.96. The molecule has 1 aliphatic rings. The lowest BCUT2D eigenvalue weighted by molar-refractivity contribution is -0.121. The molecular weight excluding hydrogens is 390 g/mol. The third-order valence-corrected chi connectivity index (χ3v) is 5.46. The molecule has 1 unspecified atom stereocenters. The van der Waals surface area contributed by atoms with Gasteiger partial charge in [0.1, 0.15) is 5.82 Å². The highest BCUT2D eigenvalue weighted by Gasteiger charge is 2.23. The third kappa shape index (κ3) is 4.23. The summed E-state index contributed by atoms with van der Waals surface area (Å²) >= 11 is 0. The topological polar surface area (TPSA) is 88.3 Å². The molecule has 1 aliphatic heterocycles. The average molecular weight is 413 g/mol. The Bertz CT molecular complexity index is 1180. The monoisotopic (exact) mass is 413 g/mol. The number of anilines is 1. The van der Waals surface area contributed by atoms with Crippen molar-refractivity contribution in [2.24, 2.45) is 0 Å². The summed E-state index contributed by atoms with van der Waals surface area (Å²) in [6, 6.07) is 19.5. The van der Waals surface area contributed by atoms with E-state index in [1.807, 2.05) is 60.7 Å². The van der Waals surface area contributed by atoms with Crippen LogP contribution in [0.25, 0.3) is 17.0 Å². The number of nitrogens with one attached hydrogen (secondary N) is 1. The predicted molar refractivity (Wildman–Crippen MR) is 118 cm³/mol. The van der Waals surface area contributed by atoms with Gasteiger partial charge in [0.05, 0.1) is 6.42 Å². The summed E-state index contributed by atoms with van der Waals surface area (Å²) in [5.41, 5.74) is 2.46. The zero-order chi connectivity index (χ0) is 21.0.